The maximum atomic E-state index is 12.6. The van der Waals surface area contributed by atoms with Crippen molar-refractivity contribution < 1.29 is 14.1 Å². The number of H-pyrrole nitrogens is 1. The van der Waals surface area contributed by atoms with Gasteiger partial charge in [-0.05, 0) is 56.2 Å². The molecule has 0 aliphatic carbocycles. The van der Waals surface area contributed by atoms with Crippen LogP contribution in [0.1, 0.15) is 48.1 Å². The summed E-state index contributed by atoms with van der Waals surface area (Å²) in [6, 6.07) is 18.1. The second-order valence-corrected chi connectivity index (χ2v) is 11.9. The lowest BCUT2D eigenvalue weighted by atomic mass is 9.99. The number of pyridine rings is 1. The minimum absolute atomic E-state index is 0.115. The number of hydrogen-bond acceptors (Lipinski definition) is 9. The van der Waals surface area contributed by atoms with Crippen LogP contribution in [-0.4, -0.2) is 57.0 Å². The van der Waals surface area contributed by atoms with Gasteiger partial charge in [0, 0.05) is 30.5 Å². The van der Waals surface area contributed by atoms with Crippen LogP contribution in [0.25, 0.3) is 11.2 Å². The molecule has 224 valence electrons. The number of nitrogens with two attached hydrogens (primary N) is 1. The highest BCUT2D eigenvalue weighted by Gasteiger charge is 2.20. The first-order valence-electron chi connectivity index (χ1n) is 13.7. The predicted molar refractivity (Wildman–Crippen MR) is 164 cm³/mol. The van der Waals surface area contributed by atoms with E-state index in [9.17, 15) is 14.1 Å². The number of carbonyl (C=O) groups excluding carboxylic acids is 1. The van der Waals surface area contributed by atoms with E-state index < -0.39 is 17.1 Å². The van der Waals surface area contributed by atoms with Crippen LogP contribution < -0.4 is 21.1 Å². The molecule has 7 N–H and O–H groups in total. The number of aliphatic hydroxyl groups excluding tert-OH is 1. The number of rotatable bonds is 13. The Morgan fingerprint density at radius 1 is 1.14 bits per heavy atom. The van der Waals surface area contributed by atoms with Gasteiger partial charge in [-0.25, -0.2) is 14.2 Å². The van der Waals surface area contributed by atoms with E-state index in [1.165, 1.54) is 6.20 Å². The number of carbonyl (C=O) groups is 1. The number of β-amino-alcohol motifs (C(OH)–C–C–N with tert-alkyl or cyclic N) is 1. The van der Waals surface area contributed by atoms with Gasteiger partial charge in [-0.15, -0.1) is 5.10 Å². The normalized spacial score (nSPS) is 13.1. The molecule has 5 rings (SSSR count). The molecule has 3 heterocycles. The molecule has 0 saturated heterocycles. The minimum Gasteiger partial charge on any atom is -0.387 e. The Morgan fingerprint density at radius 2 is 1.95 bits per heavy atom. The highest BCUT2D eigenvalue weighted by Crippen LogP contribution is 2.21. The standard InChI is InChI=1S/C29H34N10O3S/c1-29(2,34-16-24(40)19-7-6-8-21(13-19)38-43(42)22-9-4-3-5-10-22)11-12-39-18-33-23-14-20(15-31-26(23)39)27(41)32-17-25-35-28(30)37-36-25/h3-10,13-15,18,24,34,38,40H,11-12,16-17H2,1-2H3,(H,32,41)(H3,30,35,36,37)/t24-,43?/m0/s1. The maximum Gasteiger partial charge on any atom is 0.253 e. The third-order valence-electron chi connectivity index (χ3n) is 6.87. The number of benzene rings is 2. The average Bonchev–Trinajstić information content (AvgIpc) is 3.63. The van der Waals surface area contributed by atoms with E-state index >= 15 is 0 Å². The van der Waals surface area contributed by atoms with Gasteiger partial charge in [-0.1, -0.05) is 30.3 Å². The average molecular weight is 603 g/mol. The fourth-order valence-electron chi connectivity index (χ4n) is 4.39. The van der Waals surface area contributed by atoms with Crippen LogP contribution in [0.3, 0.4) is 0 Å². The Morgan fingerprint density at radius 3 is 2.72 bits per heavy atom. The van der Waals surface area contributed by atoms with Crippen molar-refractivity contribution in [3.05, 3.63) is 90.1 Å². The van der Waals surface area contributed by atoms with E-state index in [2.05, 4.69) is 54.4 Å². The number of nitrogen functional groups attached to an aromatic ring is 1. The zero-order chi connectivity index (χ0) is 30.4. The quantitative estimate of drug-likeness (QED) is 0.118. The van der Waals surface area contributed by atoms with Gasteiger partial charge < -0.3 is 30.8 Å². The molecule has 0 fully saturated rings. The van der Waals surface area contributed by atoms with Gasteiger partial charge in [0.25, 0.3) is 5.91 Å². The summed E-state index contributed by atoms with van der Waals surface area (Å²) in [4.78, 5) is 26.1. The van der Waals surface area contributed by atoms with Gasteiger partial charge in [-0.3, -0.25) is 9.89 Å². The summed E-state index contributed by atoms with van der Waals surface area (Å²) in [6.45, 7) is 5.25. The second kappa shape index (κ2) is 13.1. The van der Waals surface area contributed by atoms with Crippen LogP contribution in [0.2, 0.25) is 0 Å². The molecule has 14 heteroatoms. The molecule has 1 amide bonds. The van der Waals surface area contributed by atoms with E-state index in [0.29, 0.717) is 51.8 Å². The molecule has 0 bridgehead atoms. The monoisotopic (exact) mass is 602 g/mol. The Kier molecular flexibility index (Phi) is 9.09. The van der Waals surface area contributed by atoms with Gasteiger partial charge in [0.1, 0.15) is 22.3 Å². The smallest absolute Gasteiger partial charge is 0.253 e. The molecule has 3 aromatic heterocycles. The Hall–Kier alpha value is -4.66. The SMILES string of the molecule is CC(C)(CCn1cnc2cc(C(=O)NCc3nc(N)n[nH]3)cnc21)NC[C@H](O)c1cccc(NS(=O)c2ccccc2)c1. The first-order chi connectivity index (χ1) is 20.7. The third-order valence-corrected chi connectivity index (χ3v) is 8.00. The first-order valence-corrected chi connectivity index (χ1v) is 14.8. The van der Waals surface area contributed by atoms with Crippen molar-refractivity contribution in [2.75, 3.05) is 17.0 Å². The fourth-order valence-corrected chi connectivity index (χ4v) is 5.25. The largest absolute Gasteiger partial charge is 0.387 e. The van der Waals surface area contributed by atoms with Crippen LogP contribution >= 0.6 is 0 Å². The molecule has 0 radical (unpaired) electrons. The number of hydrogen-bond donors (Lipinski definition) is 6. The first kappa shape index (κ1) is 29.8. The van der Waals surface area contributed by atoms with Gasteiger partial charge in [0.15, 0.2) is 5.65 Å². The van der Waals surface area contributed by atoms with Crippen molar-refractivity contribution in [2.45, 2.75) is 49.9 Å². The molecular formula is C29H34N10O3S. The van der Waals surface area contributed by atoms with E-state index in [4.69, 9.17) is 5.73 Å². The van der Waals surface area contributed by atoms with Gasteiger partial charge in [0.05, 0.1) is 29.4 Å². The van der Waals surface area contributed by atoms with Crippen molar-refractivity contribution in [3.63, 3.8) is 0 Å². The van der Waals surface area contributed by atoms with Crippen molar-refractivity contribution in [1.82, 2.24) is 40.3 Å². The molecule has 1 unspecified atom stereocenters. The summed E-state index contributed by atoms with van der Waals surface area (Å²) in [5.41, 5.74) is 8.22. The molecule has 0 saturated carbocycles. The number of nitrogens with one attached hydrogen (secondary N) is 4. The lowest BCUT2D eigenvalue weighted by molar-refractivity contribution is 0.0949. The number of aromatic amines is 1. The number of aromatic nitrogens is 6. The zero-order valence-corrected chi connectivity index (χ0v) is 24.6. The number of anilines is 2. The molecule has 13 nitrogen and oxygen atoms in total. The van der Waals surface area contributed by atoms with Crippen LogP contribution in [0.4, 0.5) is 11.6 Å². The van der Waals surface area contributed by atoms with E-state index in [1.807, 2.05) is 47.0 Å². The third kappa shape index (κ3) is 7.80. The number of fused-ring (bicyclic) bond motifs is 1. The molecule has 2 aromatic carbocycles. The Labute approximate surface area is 250 Å². The number of aliphatic hydroxyl groups is 1. The number of aryl methyl sites for hydroxylation is 1. The molecule has 0 aliphatic rings. The summed E-state index contributed by atoms with van der Waals surface area (Å²) >= 11 is 0. The van der Waals surface area contributed by atoms with Crippen molar-refractivity contribution in [3.8, 4) is 0 Å². The topological polar surface area (TPSA) is 189 Å². The zero-order valence-electron chi connectivity index (χ0n) is 23.8. The highest BCUT2D eigenvalue weighted by atomic mass is 32.2. The molecule has 5 aromatic rings. The van der Waals surface area contributed by atoms with E-state index in [1.54, 1.807) is 24.5 Å². The second-order valence-electron chi connectivity index (χ2n) is 10.7. The van der Waals surface area contributed by atoms with Crippen LogP contribution in [-0.2, 0) is 24.1 Å². The summed E-state index contributed by atoms with van der Waals surface area (Å²) in [6.07, 6.45) is 3.20. The Bertz CT molecular complexity index is 1720. The van der Waals surface area contributed by atoms with Crippen molar-refractivity contribution in [1.29, 1.82) is 0 Å². The number of imidazole rings is 1. The lowest BCUT2D eigenvalue weighted by Crippen LogP contribution is -2.42. The van der Waals surface area contributed by atoms with Crippen LogP contribution in [0, 0.1) is 0 Å². The number of amides is 1. The van der Waals surface area contributed by atoms with E-state index in [0.717, 1.165) is 6.42 Å². The highest BCUT2D eigenvalue weighted by molar-refractivity contribution is 7.86. The number of nitrogens with zero attached hydrogens (tertiary/aromatic N) is 5. The van der Waals surface area contributed by atoms with Gasteiger partial charge in [-0.2, -0.15) is 4.98 Å². The van der Waals surface area contributed by atoms with Crippen molar-refractivity contribution in [2.24, 2.45) is 0 Å². The molecular weight excluding hydrogens is 568 g/mol. The van der Waals surface area contributed by atoms with Gasteiger partial charge in [0.2, 0.25) is 5.95 Å². The molecule has 0 aliphatic heterocycles. The summed E-state index contributed by atoms with van der Waals surface area (Å²) < 4.78 is 17.5. The van der Waals surface area contributed by atoms with Crippen molar-refractivity contribution >= 4 is 39.7 Å². The van der Waals surface area contributed by atoms with Gasteiger partial charge >= 0.3 is 0 Å². The maximum absolute atomic E-state index is 12.6. The van der Waals surface area contributed by atoms with Crippen LogP contribution in [0.15, 0.2) is 78.1 Å². The molecule has 0 spiro atoms. The van der Waals surface area contributed by atoms with Crippen LogP contribution in [0.5, 0.6) is 0 Å². The lowest BCUT2D eigenvalue weighted by Gasteiger charge is -2.28. The fraction of sp³-hybridized carbons (Fsp3) is 0.276. The predicted octanol–water partition coefficient (Wildman–Crippen LogP) is 2.69. The molecule has 2 atom stereocenters. The summed E-state index contributed by atoms with van der Waals surface area (Å²) in [5.74, 6) is 0.258. The summed E-state index contributed by atoms with van der Waals surface area (Å²) in [5, 5.41) is 23.5. The molecule has 43 heavy (non-hydrogen) atoms. The van der Waals surface area contributed by atoms with E-state index in [-0.39, 0.29) is 23.9 Å². The minimum atomic E-state index is -1.40. The summed E-state index contributed by atoms with van der Waals surface area (Å²) in [7, 11) is -1.40. The Balaban J connectivity index is 1.13.